The fourth-order valence-corrected chi connectivity index (χ4v) is 2.42. The summed E-state index contributed by atoms with van der Waals surface area (Å²) in [7, 11) is 0. The van der Waals surface area contributed by atoms with Crippen LogP contribution in [0.5, 0.6) is 0 Å². The Bertz CT molecular complexity index is 539. The van der Waals surface area contributed by atoms with E-state index in [-0.39, 0.29) is 6.04 Å². The Morgan fingerprint density at radius 2 is 2.22 bits per heavy atom. The Morgan fingerprint density at radius 3 is 2.89 bits per heavy atom. The van der Waals surface area contributed by atoms with Gasteiger partial charge in [-0.1, -0.05) is 11.6 Å². The summed E-state index contributed by atoms with van der Waals surface area (Å²) >= 11 is 12.0. The molecule has 1 aromatic heterocycles. The molecule has 0 bridgehead atoms. The van der Waals surface area contributed by atoms with E-state index in [4.69, 9.17) is 27.9 Å². The zero-order valence-electron chi connectivity index (χ0n) is 10.5. The van der Waals surface area contributed by atoms with Gasteiger partial charge in [0.1, 0.15) is 5.82 Å². The van der Waals surface area contributed by atoms with Crippen molar-refractivity contribution in [3.63, 3.8) is 0 Å². The predicted octanol–water partition coefficient (Wildman–Crippen LogP) is 4.03. The van der Waals surface area contributed by atoms with Gasteiger partial charge in [-0.3, -0.25) is 0 Å². The van der Waals surface area contributed by atoms with Crippen molar-refractivity contribution < 1.29 is 4.74 Å². The quantitative estimate of drug-likeness (QED) is 0.776. The Kier molecular flexibility index (Phi) is 4.49. The Balaban J connectivity index is 2.48. The molecule has 18 heavy (non-hydrogen) atoms. The molecule has 1 aromatic carbocycles. The summed E-state index contributed by atoms with van der Waals surface area (Å²) in [5.74, 6) is 1.23. The van der Waals surface area contributed by atoms with Crippen molar-refractivity contribution in [3.05, 3.63) is 29.0 Å². The number of fused-ring (bicyclic) bond motifs is 1. The zero-order chi connectivity index (χ0) is 13.1. The highest BCUT2D eigenvalue weighted by Crippen LogP contribution is 2.25. The van der Waals surface area contributed by atoms with Gasteiger partial charge in [0.15, 0.2) is 0 Å². The minimum Gasteiger partial charge on any atom is -0.380 e. The molecule has 0 amide bonds. The molecule has 0 aliphatic rings. The maximum absolute atomic E-state index is 6.05. The van der Waals surface area contributed by atoms with Crippen LogP contribution in [-0.4, -0.2) is 22.8 Å². The molecule has 2 aromatic rings. The summed E-state index contributed by atoms with van der Waals surface area (Å²) in [4.78, 5) is 4.52. The van der Waals surface area contributed by atoms with E-state index in [0.29, 0.717) is 24.1 Å². The number of benzene rings is 1. The summed E-state index contributed by atoms with van der Waals surface area (Å²) in [6.45, 7) is 5.41. The molecular formula is C13H16Cl2N2O. The van der Waals surface area contributed by atoms with E-state index in [2.05, 4.69) is 16.5 Å². The first-order chi connectivity index (χ1) is 8.67. The number of imidazole rings is 1. The number of nitrogens with zero attached hydrogens (tertiary/aromatic N) is 2. The van der Waals surface area contributed by atoms with Crippen molar-refractivity contribution in [1.29, 1.82) is 0 Å². The topological polar surface area (TPSA) is 27.1 Å². The van der Waals surface area contributed by atoms with E-state index in [1.165, 1.54) is 0 Å². The maximum atomic E-state index is 6.05. The molecule has 0 spiro atoms. The number of halogens is 2. The molecule has 0 saturated heterocycles. The number of hydrogen-bond donors (Lipinski definition) is 0. The second-order valence-electron chi connectivity index (χ2n) is 4.17. The van der Waals surface area contributed by atoms with Crippen molar-refractivity contribution in [1.82, 2.24) is 9.55 Å². The first-order valence-corrected chi connectivity index (χ1v) is 6.88. The third-order valence-electron chi connectivity index (χ3n) is 2.85. The molecule has 1 heterocycles. The molecule has 0 saturated carbocycles. The molecule has 0 radical (unpaired) electrons. The van der Waals surface area contributed by atoms with Gasteiger partial charge >= 0.3 is 0 Å². The van der Waals surface area contributed by atoms with Crippen LogP contribution >= 0.6 is 23.2 Å². The monoisotopic (exact) mass is 286 g/mol. The maximum Gasteiger partial charge on any atom is 0.125 e. The highest BCUT2D eigenvalue weighted by atomic mass is 35.5. The minimum atomic E-state index is 0.183. The molecule has 98 valence electrons. The average Bonchev–Trinajstić information content (AvgIpc) is 2.73. The number of aromatic nitrogens is 2. The van der Waals surface area contributed by atoms with Gasteiger partial charge in [-0.05, 0) is 32.0 Å². The smallest absolute Gasteiger partial charge is 0.125 e. The number of rotatable bonds is 5. The summed E-state index contributed by atoms with van der Waals surface area (Å²) in [5.41, 5.74) is 1.92. The minimum absolute atomic E-state index is 0.183. The normalized spacial score (nSPS) is 13.1. The highest BCUT2D eigenvalue weighted by Gasteiger charge is 2.15. The van der Waals surface area contributed by atoms with Crippen LogP contribution < -0.4 is 0 Å². The van der Waals surface area contributed by atoms with Gasteiger partial charge in [0.05, 0.1) is 29.6 Å². The molecule has 0 aliphatic heterocycles. The van der Waals surface area contributed by atoms with Crippen LogP contribution in [-0.2, 0) is 10.6 Å². The fraction of sp³-hybridized carbons (Fsp3) is 0.462. The molecule has 0 fully saturated rings. The lowest BCUT2D eigenvalue weighted by atomic mass is 10.3. The lowest BCUT2D eigenvalue weighted by Crippen LogP contribution is -2.14. The third kappa shape index (κ3) is 2.63. The van der Waals surface area contributed by atoms with Gasteiger partial charge in [0.25, 0.3) is 0 Å². The molecule has 1 atom stereocenters. The molecule has 3 nitrogen and oxygen atoms in total. The SMILES string of the molecule is CCOCC(C)n1c(CCl)nc2ccc(Cl)cc21. The van der Waals surface area contributed by atoms with Gasteiger partial charge in [-0.15, -0.1) is 11.6 Å². The Labute approximate surface area is 117 Å². The average molecular weight is 287 g/mol. The fourth-order valence-electron chi connectivity index (χ4n) is 2.07. The van der Waals surface area contributed by atoms with Crippen molar-refractivity contribution in [2.45, 2.75) is 25.8 Å². The van der Waals surface area contributed by atoms with Gasteiger partial charge < -0.3 is 9.30 Å². The molecular weight excluding hydrogens is 271 g/mol. The third-order valence-corrected chi connectivity index (χ3v) is 3.32. The van der Waals surface area contributed by atoms with Gasteiger partial charge in [0, 0.05) is 11.6 Å². The van der Waals surface area contributed by atoms with Crippen LogP contribution in [0.15, 0.2) is 18.2 Å². The van der Waals surface area contributed by atoms with Crippen LogP contribution in [0, 0.1) is 0 Å². The number of hydrogen-bond acceptors (Lipinski definition) is 2. The van der Waals surface area contributed by atoms with Crippen LogP contribution in [0.1, 0.15) is 25.7 Å². The largest absolute Gasteiger partial charge is 0.380 e. The van der Waals surface area contributed by atoms with Crippen molar-refractivity contribution in [2.24, 2.45) is 0 Å². The lowest BCUT2D eigenvalue weighted by Gasteiger charge is -2.16. The summed E-state index contributed by atoms with van der Waals surface area (Å²) < 4.78 is 7.57. The van der Waals surface area contributed by atoms with Crippen LogP contribution in [0.25, 0.3) is 11.0 Å². The first-order valence-electron chi connectivity index (χ1n) is 5.97. The highest BCUT2D eigenvalue weighted by molar-refractivity contribution is 6.31. The molecule has 2 rings (SSSR count). The second-order valence-corrected chi connectivity index (χ2v) is 4.88. The Hall–Kier alpha value is -0.770. The van der Waals surface area contributed by atoms with E-state index in [1.54, 1.807) is 0 Å². The van der Waals surface area contributed by atoms with Gasteiger partial charge in [-0.2, -0.15) is 0 Å². The van der Waals surface area contributed by atoms with E-state index in [9.17, 15) is 0 Å². The predicted molar refractivity (Wildman–Crippen MR) is 75.5 cm³/mol. The van der Waals surface area contributed by atoms with Gasteiger partial charge in [0.2, 0.25) is 0 Å². The molecule has 5 heteroatoms. The lowest BCUT2D eigenvalue weighted by molar-refractivity contribution is 0.119. The summed E-state index contributed by atoms with van der Waals surface area (Å²) in [6, 6.07) is 5.86. The Morgan fingerprint density at radius 1 is 1.44 bits per heavy atom. The van der Waals surface area contributed by atoms with E-state index >= 15 is 0 Å². The van der Waals surface area contributed by atoms with E-state index in [1.807, 2.05) is 25.1 Å². The van der Waals surface area contributed by atoms with Gasteiger partial charge in [-0.25, -0.2) is 4.98 Å². The summed E-state index contributed by atoms with van der Waals surface area (Å²) in [5, 5.41) is 0.702. The molecule has 0 N–H and O–H groups in total. The standard InChI is InChI=1S/C13H16Cl2N2O/c1-3-18-8-9(2)17-12-6-10(15)4-5-11(12)16-13(17)7-14/h4-6,9H,3,7-8H2,1-2H3. The first kappa shape index (κ1) is 13.7. The zero-order valence-corrected chi connectivity index (χ0v) is 12.0. The molecule has 1 unspecified atom stereocenters. The number of alkyl halides is 1. The van der Waals surface area contributed by atoms with Crippen LogP contribution in [0.3, 0.4) is 0 Å². The van der Waals surface area contributed by atoms with E-state index < -0.39 is 0 Å². The number of ether oxygens (including phenoxy) is 1. The second kappa shape index (κ2) is 5.91. The van der Waals surface area contributed by atoms with Crippen molar-refractivity contribution >= 4 is 34.2 Å². The molecule has 0 aliphatic carbocycles. The van der Waals surface area contributed by atoms with E-state index in [0.717, 1.165) is 16.9 Å². The van der Waals surface area contributed by atoms with Crippen molar-refractivity contribution in [3.8, 4) is 0 Å². The van der Waals surface area contributed by atoms with Crippen molar-refractivity contribution in [2.75, 3.05) is 13.2 Å². The van der Waals surface area contributed by atoms with Crippen LogP contribution in [0.4, 0.5) is 0 Å². The van der Waals surface area contributed by atoms with Crippen LogP contribution in [0.2, 0.25) is 5.02 Å². The summed E-state index contributed by atoms with van der Waals surface area (Å²) in [6.07, 6.45) is 0.